The number of terminal acetylenes is 1. The molecule has 4 nitrogen and oxygen atoms in total. The number of hydrogen-bond acceptors (Lipinski definition) is 4. The Morgan fingerprint density at radius 2 is 2.12 bits per heavy atom. The van der Waals surface area contributed by atoms with Crippen LogP contribution >= 0.6 is 11.3 Å². The summed E-state index contributed by atoms with van der Waals surface area (Å²) in [5, 5.41) is 0.624. The molecule has 0 radical (unpaired) electrons. The van der Waals surface area contributed by atoms with E-state index in [1.165, 1.54) is 11.3 Å². The van der Waals surface area contributed by atoms with Crippen molar-refractivity contribution >= 4 is 21.6 Å². The maximum Gasteiger partial charge on any atom is 0.263 e. The van der Waals surface area contributed by atoms with E-state index in [9.17, 15) is 4.79 Å². The van der Waals surface area contributed by atoms with Crippen LogP contribution in [-0.2, 0) is 13.0 Å². The van der Waals surface area contributed by atoms with Gasteiger partial charge in [0.05, 0.1) is 19.0 Å². The van der Waals surface area contributed by atoms with Gasteiger partial charge in [0.2, 0.25) is 0 Å². The Kier molecular flexibility index (Phi) is 4.65. The second kappa shape index (κ2) is 6.73. The van der Waals surface area contributed by atoms with Crippen LogP contribution < -0.4 is 10.3 Å². The lowest BCUT2D eigenvalue weighted by Crippen LogP contribution is -2.24. The smallest absolute Gasteiger partial charge is 0.263 e. The number of fused-ring (bicyclic) bond motifs is 1. The van der Waals surface area contributed by atoms with Crippen molar-refractivity contribution in [2.75, 3.05) is 7.11 Å². The number of hydrogen-bond donors (Lipinski definition) is 0. The zero-order valence-corrected chi connectivity index (χ0v) is 15.7. The highest BCUT2D eigenvalue weighted by Crippen LogP contribution is 2.40. The fraction of sp³-hybridized carbons (Fsp3) is 0.300. The average Bonchev–Trinajstić information content (AvgIpc) is 2.93. The number of ether oxygens (including phenoxy) is 1. The maximum absolute atomic E-state index is 13.2. The lowest BCUT2D eigenvalue weighted by molar-refractivity contribution is 0.416. The van der Waals surface area contributed by atoms with Crippen molar-refractivity contribution in [2.24, 2.45) is 0 Å². The molecule has 0 aliphatic heterocycles. The van der Waals surface area contributed by atoms with Crippen molar-refractivity contribution in [3.8, 4) is 29.2 Å². The largest absolute Gasteiger partial charge is 0.496 e. The molecule has 0 aliphatic carbocycles. The summed E-state index contributed by atoms with van der Waals surface area (Å²) < 4.78 is 7.13. The third-order valence-corrected chi connectivity index (χ3v) is 5.26. The van der Waals surface area contributed by atoms with Crippen molar-refractivity contribution in [1.29, 1.82) is 0 Å². The van der Waals surface area contributed by atoms with Crippen LogP contribution in [0.25, 0.3) is 21.3 Å². The lowest BCUT2D eigenvalue weighted by atomic mass is 10.0. The van der Waals surface area contributed by atoms with Crippen LogP contribution in [0, 0.1) is 26.2 Å². The van der Waals surface area contributed by atoms with E-state index in [4.69, 9.17) is 16.1 Å². The summed E-state index contributed by atoms with van der Waals surface area (Å²) in [6, 6.07) is 5.98. The molecule has 0 saturated heterocycles. The summed E-state index contributed by atoms with van der Waals surface area (Å²) in [5.74, 6) is 4.03. The van der Waals surface area contributed by atoms with Gasteiger partial charge in [0.1, 0.15) is 16.4 Å². The minimum atomic E-state index is -0.0808. The summed E-state index contributed by atoms with van der Waals surface area (Å²) in [7, 11) is 1.64. The SMILES string of the molecule is C#CCn1c(CC)nc2sc(C)c(-c3cc(C)ccc3OC)c2c1=O. The molecule has 0 amide bonds. The second-order valence-electron chi connectivity index (χ2n) is 5.89. The van der Waals surface area contributed by atoms with Gasteiger partial charge in [-0.1, -0.05) is 24.5 Å². The summed E-state index contributed by atoms with van der Waals surface area (Å²) in [4.78, 5) is 19.7. The Morgan fingerprint density at radius 3 is 2.76 bits per heavy atom. The molecule has 2 aromatic heterocycles. The first-order valence-electron chi connectivity index (χ1n) is 8.13. The second-order valence-corrected chi connectivity index (χ2v) is 7.10. The molecule has 25 heavy (non-hydrogen) atoms. The van der Waals surface area contributed by atoms with E-state index >= 15 is 0 Å². The van der Waals surface area contributed by atoms with E-state index in [0.29, 0.717) is 11.8 Å². The molecule has 0 atom stereocenters. The first-order chi connectivity index (χ1) is 12.0. The first-order valence-corrected chi connectivity index (χ1v) is 8.94. The summed E-state index contributed by atoms with van der Waals surface area (Å²) in [5.41, 5.74) is 2.84. The molecule has 2 heterocycles. The first kappa shape index (κ1) is 17.2. The van der Waals surface area contributed by atoms with Crippen molar-refractivity contribution in [3.63, 3.8) is 0 Å². The van der Waals surface area contributed by atoms with Crippen molar-refractivity contribution in [2.45, 2.75) is 33.7 Å². The quantitative estimate of drug-likeness (QED) is 0.668. The molecule has 3 aromatic rings. The number of thiophene rings is 1. The summed E-state index contributed by atoms with van der Waals surface area (Å²) in [6.07, 6.45) is 6.12. The number of aryl methyl sites for hydroxylation is 3. The fourth-order valence-electron chi connectivity index (χ4n) is 3.10. The number of rotatable bonds is 4. The molecule has 0 spiro atoms. The highest BCUT2D eigenvalue weighted by molar-refractivity contribution is 7.19. The third kappa shape index (κ3) is 2.83. The molecular weight excluding hydrogens is 332 g/mol. The van der Waals surface area contributed by atoms with E-state index in [2.05, 4.69) is 5.92 Å². The monoisotopic (exact) mass is 352 g/mol. The van der Waals surface area contributed by atoms with E-state index < -0.39 is 0 Å². The van der Waals surface area contributed by atoms with Crippen LogP contribution in [0.5, 0.6) is 5.75 Å². The molecule has 3 rings (SSSR count). The maximum atomic E-state index is 13.2. The van der Waals surface area contributed by atoms with Crippen molar-refractivity contribution in [3.05, 3.63) is 44.8 Å². The zero-order chi connectivity index (χ0) is 18.1. The average molecular weight is 352 g/mol. The number of aromatic nitrogens is 2. The van der Waals surface area contributed by atoms with Gasteiger partial charge in [0, 0.05) is 22.4 Å². The Hall–Kier alpha value is -2.58. The van der Waals surface area contributed by atoms with Gasteiger partial charge in [-0.05, 0) is 26.0 Å². The molecule has 0 fully saturated rings. The highest BCUT2D eigenvalue weighted by Gasteiger charge is 2.21. The van der Waals surface area contributed by atoms with E-state index in [0.717, 1.165) is 38.0 Å². The molecule has 5 heteroatoms. The summed E-state index contributed by atoms with van der Waals surface area (Å²) >= 11 is 1.54. The Balaban J connectivity index is 2.44. The Morgan fingerprint density at radius 1 is 1.36 bits per heavy atom. The predicted octanol–water partition coefficient (Wildman–Crippen LogP) is 3.95. The zero-order valence-electron chi connectivity index (χ0n) is 14.8. The van der Waals surface area contributed by atoms with Crippen molar-refractivity contribution < 1.29 is 4.74 Å². The standard InChI is InChI=1S/C20H20N2O2S/c1-6-10-22-16(7-2)21-19-18(20(22)23)17(13(4)25-19)14-11-12(3)8-9-15(14)24-5/h1,8-9,11H,7,10H2,2-5H3. The van der Waals surface area contributed by atoms with Crippen molar-refractivity contribution in [1.82, 2.24) is 9.55 Å². The topological polar surface area (TPSA) is 44.1 Å². The third-order valence-electron chi connectivity index (χ3n) is 4.26. The number of methoxy groups -OCH3 is 1. The Labute approximate surface area is 151 Å². The Bertz CT molecular complexity index is 1050. The van der Waals surface area contributed by atoms with Gasteiger partial charge in [-0.2, -0.15) is 0 Å². The van der Waals surface area contributed by atoms with Gasteiger partial charge < -0.3 is 4.74 Å². The molecule has 0 N–H and O–H groups in total. The van der Waals surface area contributed by atoms with Crippen LogP contribution in [0.1, 0.15) is 23.2 Å². The van der Waals surface area contributed by atoms with Gasteiger partial charge in [-0.25, -0.2) is 4.98 Å². The molecular formula is C20H20N2O2S. The van der Waals surface area contributed by atoms with Gasteiger partial charge >= 0.3 is 0 Å². The van der Waals surface area contributed by atoms with Gasteiger partial charge in [-0.15, -0.1) is 17.8 Å². The van der Waals surface area contributed by atoms with Crippen LogP contribution in [0.3, 0.4) is 0 Å². The highest BCUT2D eigenvalue weighted by atomic mass is 32.1. The molecule has 0 unspecified atom stereocenters. The van der Waals surface area contributed by atoms with Crippen LogP contribution in [-0.4, -0.2) is 16.7 Å². The molecule has 0 aliphatic rings. The number of benzene rings is 1. The minimum absolute atomic E-state index is 0.0808. The molecule has 128 valence electrons. The predicted molar refractivity (Wildman–Crippen MR) is 104 cm³/mol. The molecule has 0 saturated carbocycles. The lowest BCUT2D eigenvalue weighted by Gasteiger charge is -2.11. The van der Waals surface area contributed by atoms with E-state index in [1.54, 1.807) is 11.7 Å². The van der Waals surface area contributed by atoms with Crippen LogP contribution in [0.4, 0.5) is 0 Å². The minimum Gasteiger partial charge on any atom is -0.496 e. The molecule has 1 aromatic carbocycles. The van der Waals surface area contributed by atoms with Gasteiger partial charge in [0.15, 0.2) is 0 Å². The fourth-order valence-corrected chi connectivity index (χ4v) is 4.15. The van der Waals surface area contributed by atoms with E-state index in [-0.39, 0.29) is 12.1 Å². The normalized spacial score (nSPS) is 10.8. The van der Waals surface area contributed by atoms with Gasteiger partial charge in [-0.3, -0.25) is 9.36 Å². The summed E-state index contributed by atoms with van der Waals surface area (Å²) in [6.45, 7) is 6.24. The van der Waals surface area contributed by atoms with Gasteiger partial charge in [0.25, 0.3) is 5.56 Å². The number of nitrogens with zero attached hydrogens (tertiary/aromatic N) is 2. The van der Waals surface area contributed by atoms with Crippen LogP contribution in [0.2, 0.25) is 0 Å². The van der Waals surface area contributed by atoms with Crippen LogP contribution in [0.15, 0.2) is 23.0 Å². The molecule has 0 bridgehead atoms. The van der Waals surface area contributed by atoms with E-state index in [1.807, 2.05) is 39.0 Å².